The highest BCUT2D eigenvalue weighted by Crippen LogP contribution is 2.21. The molecule has 0 spiro atoms. The van der Waals surface area contributed by atoms with Crippen molar-refractivity contribution in [3.63, 3.8) is 0 Å². The molecule has 1 amide bonds. The lowest BCUT2D eigenvalue weighted by Gasteiger charge is -2.23. The van der Waals surface area contributed by atoms with Gasteiger partial charge in [-0.05, 0) is 23.8 Å². The van der Waals surface area contributed by atoms with E-state index in [0.717, 1.165) is 0 Å². The zero-order valence-electron chi connectivity index (χ0n) is 14.4. The van der Waals surface area contributed by atoms with Gasteiger partial charge in [0.05, 0.1) is 17.3 Å². The van der Waals surface area contributed by atoms with E-state index in [1.165, 1.54) is 24.3 Å². The van der Waals surface area contributed by atoms with Crippen LogP contribution in [0.5, 0.6) is 0 Å². The van der Waals surface area contributed by atoms with Gasteiger partial charge >= 0.3 is 5.97 Å². The fourth-order valence-electron chi connectivity index (χ4n) is 2.88. The van der Waals surface area contributed by atoms with Gasteiger partial charge in [0.15, 0.2) is 15.4 Å². The van der Waals surface area contributed by atoms with Crippen molar-refractivity contribution in [2.24, 2.45) is 0 Å². The van der Waals surface area contributed by atoms with Gasteiger partial charge in [0, 0.05) is 18.6 Å². The molecular weight excluding hydrogens is 370 g/mol. The van der Waals surface area contributed by atoms with Gasteiger partial charge in [-0.3, -0.25) is 4.79 Å². The predicted octanol–water partition coefficient (Wildman–Crippen LogP) is 1.63. The topological polar surface area (TPSA) is 110 Å². The van der Waals surface area contributed by atoms with E-state index < -0.39 is 27.3 Å². The molecule has 1 heterocycles. The molecule has 1 fully saturated rings. The molecular formula is C19H19NO6S. The molecule has 2 N–H and O–H groups in total. The van der Waals surface area contributed by atoms with Gasteiger partial charge in [-0.15, -0.1) is 0 Å². The Bertz CT molecular complexity index is 949. The fourth-order valence-corrected chi connectivity index (χ4v) is 4.27. The Kier molecular flexibility index (Phi) is 5.29. The van der Waals surface area contributed by atoms with Crippen molar-refractivity contribution in [3.8, 4) is 0 Å². The molecule has 27 heavy (non-hydrogen) atoms. The van der Waals surface area contributed by atoms with E-state index in [4.69, 9.17) is 4.74 Å². The summed E-state index contributed by atoms with van der Waals surface area (Å²) < 4.78 is 30.4. The molecule has 3 rings (SSSR count). The van der Waals surface area contributed by atoms with Crippen molar-refractivity contribution in [2.75, 3.05) is 13.2 Å². The van der Waals surface area contributed by atoms with Crippen LogP contribution in [-0.4, -0.2) is 44.2 Å². The van der Waals surface area contributed by atoms with Crippen LogP contribution in [0.15, 0.2) is 59.5 Å². The normalized spacial score (nSPS) is 19.6. The number of amides is 1. The number of benzene rings is 2. The summed E-state index contributed by atoms with van der Waals surface area (Å²) in [5.74, 6) is -2.02. The molecule has 1 aliphatic heterocycles. The molecule has 2 aromatic carbocycles. The summed E-state index contributed by atoms with van der Waals surface area (Å²) in [6, 6.07) is 14.3. The van der Waals surface area contributed by atoms with Crippen LogP contribution in [0.2, 0.25) is 0 Å². The van der Waals surface area contributed by atoms with Crippen LogP contribution in [0, 0.1) is 0 Å². The first-order valence-corrected chi connectivity index (χ1v) is 9.98. The van der Waals surface area contributed by atoms with Gasteiger partial charge < -0.3 is 15.2 Å². The highest BCUT2D eigenvalue weighted by Gasteiger charge is 2.44. The first kappa shape index (κ1) is 19.1. The van der Waals surface area contributed by atoms with E-state index in [0.29, 0.717) is 5.56 Å². The fraction of sp³-hybridized carbons (Fsp3) is 0.263. The largest absolute Gasteiger partial charge is 0.479 e. The standard InChI is InChI=1S/C19H19NO6S/c21-17(20-19(18(22)23)9-10-26-13-19)15-7-4-8-16(11-15)27(24,25)12-14-5-2-1-3-6-14/h1-8,11H,9-10,12-13H2,(H,20,21)(H,22,23). The second-order valence-electron chi connectivity index (χ2n) is 6.42. The minimum absolute atomic E-state index is 0.00560. The number of carbonyl (C=O) groups excluding carboxylic acids is 1. The maximum Gasteiger partial charge on any atom is 0.331 e. The predicted molar refractivity (Wildman–Crippen MR) is 97.0 cm³/mol. The average Bonchev–Trinajstić information content (AvgIpc) is 3.12. The van der Waals surface area contributed by atoms with Crippen molar-refractivity contribution < 1.29 is 27.9 Å². The number of hydrogen-bond acceptors (Lipinski definition) is 5. The van der Waals surface area contributed by atoms with Crippen molar-refractivity contribution in [1.82, 2.24) is 5.32 Å². The smallest absolute Gasteiger partial charge is 0.331 e. The Morgan fingerprint density at radius 3 is 2.48 bits per heavy atom. The maximum atomic E-state index is 12.6. The van der Waals surface area contributed by atoms with E-state index in [1.54, 1.807) is 30.3 Å². The van der Waals surface area contributed by atoms with E-state index in [2.05, 4.69) is 5.32 Å². The van der Waals surface area contributed by atoms with E-state index in [-0.39, 0.29) is 35.8 Å². The molecule has 0 aromatic heterocycles. The molecule has 1 atom stereocenters. The Morgan fingerprint density at radius 1 is 1.11 bits per heavy atom. The summed E-state index contributed by atoms with van der Waals surface area (Å²) in [7, 11) is -3.65. The number of carboxylic acid groups (broad SMARTS) is 1. The summed E-state index contributed by atoms with van der Waals surface area (Å²) in [5.41, 5.74) is -0.771. The minimum Gasteiger partial charge on any atom is -0.479 e. The lowest BCUT2D eigenvalue weighted by Crippen LogP contribution is -2.55. The number of rotatable bonds is 6. The lowest BCUT2D eigenvalue weighted by atomic mass is 9.98. The van der Waals surface area contributed by atoms with Crippen LogP contribution in [0.4, 0.5) is 0 Å². The highest BCUT2D eigenvalue weighted by molar-refractivity contribution is 7.90. The van der Waals surface area contributed by atoms with Gasteiger partial charge in [0.25, 0.3) is 5.91 Å². The van der Waals surface area contributed by atoms with Crippen LogP contribution >= 0.6 is 0 Å². The molecule has 1 aliphatic rings. The Hall–Kier alpha value is -2.71. The van der Waals surface area contributed by atoms with Gasteiger partial charge in [-0.25, -0.2) is 13.2 Å². The van der Waals surface area contributed by atoms with Crippen LogP contribution in [0.25, 0.3) is 0 Å². The minimum atomic E-state index is -3.65. The molecule has 2 aromatic rings. The monoisotopic (exact) mass is 389 g/mol. The highest BCUT2D eigenvalue weighted by atomic mass is 32.2. The van der Waals surface area contributed by atoms with Gasteiger partial charge in [0.1, 0.15) is 0 Å². The Morgan fingerprint density at radius 2 is 1.85 bits per heavy atom. The molecule has 0 saturated carbocycles. The summed E-state index contributed by atoms with van der Waals surface area (Å²) >= 11 is 0. The van der Waals surface area contributed by atoms with Crippen LogP contribution in [0.3, 0.4) is 0 Å². The SMILES string of the molecule is O=C(NC1(C(=O)O)CCOC1)c1cccc(S(=O)(=O)Cc2ccccc2)c1. The van der Waals surface area contributed by atoms with Gasteiger partial charge in [0.2, 0.25) is 0 Å². The number of carbonyl (C=O) groups is 2. The van der Waals surface area contributed by atoms with Crippen molar-refractivity contribution >= 4 is 21.7 Å². The third-order valence-corrected chi connectivity index (χ3v) is 6.12. The molecule has 0 aliphatic carbocycles. The van der Waals surface area contributed by atoms with Crippen molar-refractivity contribution in [2.45, 2.75) is 22.6 Å². The van der Waals surface area contributed by atoms with Crippen LogP contribution < -0.4 is 5.32 Å². The number of nitrogens with one attached hydrogen (secondary N) is 1. The molecule has 0 bridgehead atoms. The number of sulfone groups is 1. The Balaban J connectivity index is 1.82. The van der Waals surface area contributed by atoms with E-state index in [1.807, 2.05) is 0 Å². The second-order valence-corrected chi connectivity index (χ2v) is 8.41. The molecule has 8 heteroatoms. The zero-order chi connectivity index (χ0) is 19.5. The number of hydrogen-bond donors (Lipinski definition) is 2. The number of aliphatic carboxylic acids is 1. The molecule has 0 radical (unpaired) electrons. The third kappa shape index (κ3) is 4.17. The van der Waals surface area contributed by atoms with Gasteiger partial charge in [-0.1, -0.05) is 36.4 Å². The first-order chi connectivity index (χ1) is 12.8. The van der Waals surface area contributed by atoms with Crippen LogP contribution in [-0.2, 0) is 25.1 Å². The van der Waals surface area contributed by atoms with E-state index in [9.17, 15) is 23.1 Å². The number of ether oxygens (including phenoxy) is 1. The molecule has 142 valence electrons. The maximum absolute atomic E-state index is 12.6. The number of carboxylic acids is 1. The van der Waals surface area contributed by atoms with Crippen molar-refractivity contribution in [3.05, 3.63) is 65.7 Å². The summed E-state index contributed by atoms with van der Waals surface area (Å²) in [5, 5.41) is 11.9. The summed E-state index contributed by atoms with van der Waals surface area (Å²) in [6.45, 7) is 0.109. The van der Waals surface area contributed by atoms with E-state index >= 15 is 0 Å². The second kappa shape index (κ2) is 7.50. The zero-order valence-corrected chi connectivity index (χ0v) is 15.2. The Labute approximate surface area is 156 Å². The third-order valence-electron chi connectivity index (χ3n) is 4.44. The summed E-state index contributed by atoms with van der Waals surface area (Å²) in [6.07, 6.45) is 0.153. The quantitative estimate of drug-likeness (QED) is 0.777. The molecule has 7 nitrogen and oxygen atoms in total. The van der Waals surface area contributed by atoms with Crippen LogP contribution in [0.1, 0.15) is 22.3 Å². The summed E-state index contributed by atoms with van der Waals surface area (Å²) in [4.78, 5) is 24.1. The molecule has 1 saturated heterocycles. The average molecular weight is 389 g/mol. The molecule has 1 unspecified atom stereocenters. The van der Waals surface area contributed by atoms with Crippen molar-refractivity contribution in [1.29, 1.82) is 0 Å². The first-order valence-electron chi connectivity index (χ1n) is 8.33. The lowest BCUT2D eigenvalue weighted by molar-refractivity contribution is -0.144. The van der Waals surface area contributed by atoms with Gasteiger partial charge in [-0.2, -0.15) is 0 Å².